The fraction of sp³-hybridized carbons (Fsp3) is 0.263. The maximum Gasteiger partial charge on any atom is 0.274 e. The average Bonchev–Trinajstić information content (AvgIpc) is 3.40. The van der Waals surface area contributed by atoms with E-state index in [0.29, 0.717) is 48.4 Å². The zero-order valence-corrected chi connectivity index (χ0v) is 14.6. The number of pyridine rings is 1. The Balaban J connectivity index is 1.60. The fourth-order valence-electron chi connectivity index (χ4n) is 2.95. The summed E-state index contributed by atoms with van der Waals surface area (Å²) in [4.78, 5) is 20.9. The molecule has 1 unspecified atom stereocenters. The molecule has 1 aliphatic heterocycles. The summed E-state index contributed by atoms with van der Waals surface area (Å²) in [5.41, 5.74) is 8.27. The second-order valence-corrected chi connectivity index (χ2v) is 6.31. The molecule has 8 nitrogen and oxygen atoms in total. The second-order valence-electron chi connectivity index (χ2n) is 6.31. The number of carbonyl (C=O) groups excluding carboxylic acids is 1. The second kappa shape index (κ2) is 7.65. The maximum atomic E-state index is 12.4. The molecule has 3 heterocycles. The van der Waals surface area contributed by atoms with Gasteiger partial charge in [0.1, 0.15) is 5.69 Å². The SMILES string of the molecule is NCc1cc(NC(=O)c2ccccn2)cc(-c2nc(C3CCOC3)no2)c1. The Kier molecular flexibility index (Phi) is 4.91. The van der Waals surface area contributed by atoms with E-state index in [0.717, 1.165) is 12.0 Å². The quantitative estimate of drug-likeness (QED) is 0.713. The van der Waals surface area contributed by atoms with Gasteiger partial charge >= 0.3 is 0 Å². The predicted molar refractivity (Wildman–Crippen MR) is 98.0 cm³/mol. The number of amides is 1. The van der Waals surface area contributed by atoms with Crippen molar-refractivity contribution in [3.63, 3.8) is 0 Å². The minimum Gasteiger partial charge on any atom is -0.381 e. The van der Waals surface area contributed by atoms with E-state index in [1.54, 1.807) is 30.5 Å². The number of nitrogens with one attached hydrogen (secondary N) is 1. The van der Waals surface area contributed by atoms with Gasteiger partial charge < -0.3 is 20.3 Å². The Morgan fingerprint density at radius 3 is 2.96 bits per heavy atom. The summed E-state index contributed by atoms with van der Waals surface area (Å²) < 4.78 is 10.8. The third kappa shape index (κ3) is 3.86. The van der Waals surface area contributed by atoms with Gasteiger partial charge in [-0.2, -0.15) is 4.98 Å². The van der Waals surface area contributed by atoms with Crippen LogP contribution in [-0.4, -0.2) is 34.2 Å². The molecule has 8 heteroatoms. The zero-order chi connectivity index (χ0) is 18.6. The van der Waals surface area contributed by atoms with Gasteiger partial charge in [0, 0.05) is 36.5 Å². The van der Waals surface area contributed by atoms with Crippen LogP contribution in [-0.2, 0) is 11.3 Å². The third-order valence-corrected chi connectivity index (χ3v) is 4.37. The first-order valence-electron chi connectivity index (χ1n) is 8.71. The molecule has 1 atom stereocenters. The van der Waals surface area contributed by atoms with E-state index in [2.05, 4.69) is 20.4 Å². The average molecular weight is 365 g/mol. The molecule has 138 valence electrons. The van der Waals surface area contributed by atoms with Crippen molar-refractivity contribution < 1.29 is 14.1 Å². The highest BCUT2D eigenvalue weighted by Crippen LogP contribution is 2.28. The highest BCUT2D eigenvalue weighted by Gasteiger charge is 2.23. The lowest BCUT2D eigenvalue weighted by molar-refractivity contribution is 0.102. The number of benzene rings is 1. The van der Waals surface area contributed by atoms with Gasteiger partial charge in [-0.25, -0.2) is 0 Å². The predicted octanol–water partition coefficient (Wildman–Crippen LogP) is 2.35. The number of ether oxygens (including phenoxy) is 1. The van der Waals surface area contributed by atoms with Crippen LogP contribution in [0.15, 0.2) is 47.1 Å². The molecule has 0 radical (unpaired) electrons. The molecule has 1 saturated heterocycles. The van der Waals surface area contributed by atoms with Crippen LogP contribution in [0.3, 0.4) is 0 Å². The van der Waals surface area contributed by atoms with E-state index in [-0.39, 0.29) is 11.8 Å². The summed E-state index contributed by atoms with van der Waals surface area (Å²) >= 11 is 0. The van der Waals surface area contributed by atoms with Crippen molar-refractivity contribution in [1.82, 2.24) is 15.1 Å². The molecule has 0 bridgehead atoms. The molecule has 0 aliphatic carbocycles. The van der Waals surface area contributed by atoms with E-state index in [1.165, 1.54) is 0 Å². The number of rotatable bonds is 5. The van der Waals surface area contributed by atoms with Gasteiger partial charge in [-0.1, -0.05) is 11.2 Å². The molecule has 1 aromatic carbocycles. The van der Waals surface area contributed by atoms with Crippen LogP contribution in [0, 0.1) is 0 Å². The Bertz CT molecular complexity index is 936. The van der Waals surface area contributed by atoms with Crippen LogP contribution in [0.2, 0.25) is 0 Å². The number of hydrogen-bond donors (Lipinski definition) is 2. The summed E-state index contributed by atoms with van der Waals surface area (Å²) in [5, 5.41) is 6.91. The number of nitrogens with zero attached hydrogens (tertiary/aromatic N) is 3. The summed E-state index contributed by atoms with van der Waals surface area (Å²) in [6.45, 7) is 1.63. The van der Waals surface area contributed by atoms with Crippen molar-refractivity contribution in [2.75, 3.05) is 18.5 Å². The van der Waals surface area contributed by atoms with Gasteiger partial charge in [-0.3, -0.25) is 9.78 Å². The largest absolute Gasteiger partial charge is 0.381 e. The van der Waals surface area contributed by atoms with Crippen LogP contribution < -0.4 is 11.1 Å². The highest BCUT2D eigenvalue weighted by atomic mass is 16.5. The Labute approximate surface area is 155 Å². The van der Waals surface area contributed by atoms with Crippen LogP contribution >= 0.6 is 0 Å². The highest BCUT2D eigenvalue weighted by molar-refractivity contribution is 6.03. The number of anilines is 1. The summed E-state index contributed by atoms with van der Waals surface area (Å²) in [6, 6.07) is 10.6. The van der Waals surface area contributed by atoms with Crippen molar-refractivity contribution in [2.24, 2.45) is 5.73 Å². The van der Waals surface area contributed by atoms with Crippen molar-refractivity contribution in [2.45, 2.75) is 18.9 Å². The fourth-order valence-corrected chi connectivity index (χ4v) is 2.95. The van der Waals surface area contributed by atoms with Gasteiger partial charge in [-0.05, 0) is 42.3 Å². The maximum absolute atomic E-state index is 12.4. The Hall–Kier alpha value is -3.10. The summed E-state index contributed by atoms with van der Waals surface area (Å²) in [6.07, 6.45) is 2.45. The minimum atomic E-state index is -0.301. The molecule has 0 spiro atoms. The van der Waals surface area contributed by atoms with Crippen LogP contribution in [0.4, 0.5) is 5.69 Å². The monoisotopic (exact) mass is 365 g/mol. The smallest absolute Gasteiger partial charge is 0.274 e. The van der Waals surface area contributed by atoms with E-state index in [1.807, 2.05) is 12.1 Å². The lowest BCUT2D eigenvalue weighted by Gasteiger charge is -2.08. The van der Waals surface area contributed by atoms with Crippen molar-refractivity contribution in [1.29, 1.82) is 0 Å². The minimum absolute atomic E-state index is 0.156. The number of aromatic nitrogens is 3. The van der Waals surface area contributed by atoms with Gasteiger partial charge in [0.2, 0.25) is 0 Å². The molecular weight excluding hydrogens is 346 g/mol. The van der Waals surface area contributed by atoms with Gasteiger partial charge in [0.05, 0.1) is 6.61 Å². The summed E-state index contributed by atoms with van der Waals surface area (Å²) in [7, 11) is 0. The van der Waals surface area contributed by atoms with E-state index >= 15 is 0 Å². The van der Waals surface area contributed by atoms with Crippen molar-refractivity contribution in [3.05, 3.63) is 59.7 Å². The number of carbonyl (C=O) groups is 1. The lowest BCUT2D eigenvalue weighted by atomic mass is 10.1. The van der Waals surface area contributed by atoms with Crippen LogP contribution in [0.5, 0.6) is 0 Å². The Morgan fingerprint density at radius 2 is 2.22 bits per heavy atom. The van der Waals surface area contributed by atoms with E-state index < -0.39 is 0 Å². The van der Waals surface area contributed by atoms with Crippen molar-refractivity contribution in [3.8, 4) is 11.5 Å². The molecule has 3 aromatic rings. The van der Waals surface area contributed by atoms with Gasteiger partial charge in [0.25, 0.3) is 11.8 Å². The molecule has 2 aromatic heterocycles. The van der Waals surface area contributed by atoms with Gasteiger partial charge in [-0.15, -0.1) is 0 Å². The Morgan fingerprint density at radius 1 is 1.30 bits per heavy atom. The normalized spacial score (nSPS) is 16.4. The first-order chi connectivity index (χ1) is 13.2. The molecule has 1 aliphatic rings. The molecule has 3 N–H and O–H groups in total. The molecule has 1 amide bonds. The van der Waals surface area contributed by atoms with Crippen molar-refractivity contribution >= 4 is 11.6 Å². The first-order valence-corrected chi connectivity index (χ1v) is 8.71. The number of nitrogens with two attached hydrogens (primary N) is 1. The molecule has 4 rings (SSSR count). The summed E-state index contributed by atoms with van der Waals surface area (Å²) in [5.74, 6) is 0.883. The lowest BCUT2D eigenvalue weighted by Crippen LogP contribution is -2.13. The molecule has 27 heavy (non-hydrogen) atoms. The first kappa shape index (κ1) is 17.3. The topological polar surface area (TPSA) is 116 Å². The zero-order valence-electron chi connectivity index (χ0n) is 14.6. The van der Waals surface area contributed by atoms with Gasteiger partial charge in [0.15, 0.2) is 5.82 Å². The van der Waals surface area contributed by atoms with E-state index in [4.69, 9.17) is 15.0 Å². The van der Waals surface area contributed by atoms with E-state index in [9.17, 15) is 4.79 Å². The molecule has 1 fully saturated rings. The third-order valence-electron chi connectivity index (χ3n) is 4.37. The number of hydrogen-bond acceptors (Lipinski definition) is 7. The standard InChI is InChI=1S/C19H19N5O3/c20-10-12-7-14(19-23-17(24-27-19)13-4-6-26-11-13)9-15(8-12)22-18(25)16-3-1-2-5-21-16/h1-3,5,7-9,13H,4,6,10-11,20H2,(H,22,25). The van der Waals surface area contributed by atoms with Crippen LogP contribution in [0.1, 0.15) is 34.2 Å². The van der Waals surface area contributed by atoms with Crippen LogP contribution in [0.25, 0.3) is 11.5 Å². The molecule has 0 saturated carbocycles. The molecular formula is C19H19N5O3.